The summed E-state index contributed by atoms with van der Waals surface area (Å²) in [5.41, 5.74) is 1.43. The second kappa shape index (κ2) is 9.30. The van der Waals surface area contributed by atoms with Crippen molar-refractivity contribution in [3.8, 4) is 5.75 Å². The Bertz CT molecular complexity index is 1180. The summed E-state index contributed by atoms with van der Waals surface area (Å²) in [6, 6.07) is 7.09. The average Bonchev–Trinajstić information content (AvgIpc) is 3.15. The Morgan fingerprint density at radius 3 is 2.84 bits per heavy atom. The maximum absolute atomic E-state index is 12.9. The Morgan fingerprint density at radius 1 is 1.19 bits per heavy atom. The number of anilines is 1. The number of fused-ring (bicyclic) bond motifs is 3. The van der Waals surface area contributed by atoms with Crippen LogP contribution >= 0.6 is 11.3 Å². The summed E-state index contributed by atoms with van der Waals surface area (Å²) >= 11 is 1.57. The van der Waals surface area contributed by atoms with Gasteiger partial charge >= 0.3 is 0 Å². The monoisotopic (exact) mass is 440 g/mol. The summed E-state index contributed by atoms with van der Waals surface area (Å²) in [5, 5.41) is 5.92. The lowest BCUT2D eigenvalue weighted by molar-refractivity contribution is -0.124. The van der Waals surface area contributed by atoms with Crippen LogP contribution in [0.5, 0.6) is 5.75 Å². The highest BCUT2D eigenvalue weighted by molar-refractivity contribution is 7.18. The van der Waals surface area contributed by atoms with Gasteiger partial charge in [-0.3, -0.25) is 19.0 Å². The molecular weight excluding hydrogens is 416 g/mol. The number of aryl methyl sites for hydroxylation is 2. The number of aromatic nitrogens is 2. The molecule has 0 spiro atoms. The number of para-hydroxylation sites is 2. The molecule has 9 heteroatoms. The number of hydrogen-bond donors (Lipinski definition) is 2. The summed E-state index contributed by atoms with van der Waals surface area (Å²) < 4.78 is 6.78. The van der Waals surface area contributed by atoms with Crippen LogP contribution in [0.2, 0.25) is 0 Å². The van der Waals surface area contributed by atoms with Gasteiger partial charge < -0.3 is 15.4 Å². The Hall–Kier alpha value is -3.20. The van der Waals surface area contributed by atoms with Gasteiger partial charge in [-0.25, -0.2) is 4.98 Å². The van der Waals surface area contributed by atoms with Gasteiger partial charge in [0.2, 0.25) is 11.8 Å². The molecular formula is C22H24N4O4S. The van der Waals surface area contributed by atoms with Gasteiger partial charge in [0.25, 0.3) is 5.56 Å². The van der Waals surface area contributed by atoms with Gasteiger partial charge in [0, 0.05) is 4.88 Å². The molecule has 0 unspecified atom stereocenters. The zero-order chi connectivity index (χ0) is 21.8. The Balaban J connectivity index is 1.39. The summed E-state index contributed by atoms with van der Waals surface area (Å²) in [6.07, 6.45) is 5.47. The van der Waals surface area contributed by atoms with Gasteiger partial charge in [-0.2, -0.15) is 0 Å². The van der Waals surface area contributed by atoms with E-state index in [4.69, 9.17) is 4.74 Å². The third-order valence-corrected chi connectivity index (χ3v) is 6.36. The van der Waals surface area contributed by atoms with Gasteiger partial charge in [0.15, 0.2) is 0 Å². The van der Waals surface area contributed by atoms with Crippen molar-refractivity contribution >= 4 is 39.1 Å². The molecule has 1 aliphatic rings. The third-order valence-electron chi connectivity index (χ3n) is 5.16. The predicted octanol–water partition coefficient (Wildman–Crippen LogP) is 2.49. The zero-order valence-corrected chi connectivity index (χ0v) is 18.1. The first-order valence-corrected chi connectivity index (χ1v) is 11.2. The number of carbonyl (C=O) groups excluding carboxylic acids is 2. The molecule has 31 heavy (non-hydrogen) atoms. The minimum absolute atomic E-state index is 0.185. The first-order chi connectivity index (χ1) is 15.1. The number of amides is 2. The summed E-state index contributed by atoms with van der Waals surface area (Å²) in [6.45, 7) is 1.94. The Labute approximate surface area is 183 Å². The fourth-order valence-corrected chi connectivity index (χ4v) is 4.95. The van der Waals surface area contributed by atoms with Crippen molar-refractivity contribution in [1.29, 1.82) is 0 Å². The molecule has 8 nitrogen and oxygen atoms in total. The van der Waals surface area contributed by atoms with E-state index in [0.717, 1.165) is 36.1 Å². The van der Waals surface area contributed by atoms with Crippen molar-refractivity contribution in [2.45, 2.75) is 39.2 Å². The van der Waals surface area contributed by atoms with Crippen molar-refractivity contribution in [1.82, 2.24) is 14.9 Å². The second-order valence-electron chi connectivity index (χ2n) is 7.32. The van der Waals surface area contributed by atoms with Crippen molar-refractivity contribution in [2.24, 2.45) is 0 Å². The van der Waals surface area contributed by atoms with Crippen LogP contribution in [0, 0.1) is 0 Å². The highest BCUT2D eigenvalue weighted by atomic mass is 32.1. The van der Waals surface area contributed by atoms with E-state index in [2.05, 4.69) is 15.6 Å². The molecule has 0 atom stereocenters. The Kier molecular flexibility index (Phi) is 6.31. The number of nitrogens with one attached hydrogen (secondary N) is 2. The van der Waals surface area contributed by atoms with E-state index < -0.39 is 5.91 Å². The van der Waals surface area contributed by atoms with Crippen molar-refractivity contribution in [3.63, 3.8) is 0 Å². The molecule has 0 aliphatic heterocycles. The van der Waals surface area contributed by atoms with Crippen molar-refractivity contribution in [3.05, 3.63) is 51.4 Å². The molecule has 2 N–H and O–H groups in total. The topological polar surface area (TPSA) is 102 Å². The Morgan fingerprint density at radius 2 is 2.00 bits per heavy atom. The van der Waals surface area contributed by atoms with Crippen LogP contribution in [0.15, 0.2) is 35.4 Å². The summed E-state index contributed by atoms with van der Waals surface area (Å²) in [7, 11) is 0. The van der Waals surface area contributed by atoms with Crippen LogP contribution in [-0.2, 0) is 29.0 Å². The van der Waals surface area contributed by atoms with Crippen LogP contribution in [-0.4, -0.2) is 34.5 Å². The van der Waals surface area contributed by atoms with Gasteiger partial charge in [0.05, 0.1) is 30.6 Å². The average molecular weight is 441 g/mol. The summed E-state index contributed by atoms with van der Waals surface area (Å²) in [5.74, 6) is -0.247. The molecule has 2 aromatic heterocycles. The number of carbonyl (C=O) groups is 2. The number of benzene rings is 1. The van der Waals surface area contributed by atoms with Crippen LogP contribution < -0.4 is 20.9 Å². The van der Waals surface area contributed by atoms with Gasteiger partial charge in [-0.15, -0.1) is 11.3 Å². The van der Waals surface area contributed by atoms with Crippen LogP contribution in [0.25, 0.3) is 10.2 Å². The smallest absolute Gasteiger partial charge is 0.262 e. The lowest BCUT2D eigenvalue weighted by Gasteiger charge is -2.12. The van der Waals surface area contributed by atoms with E-state index in [-0.39, 0.29) is 24.6 Å². The van der Waals surface area contributed by atoms with Crippen LogP contribution in [0.4, 0.5) is 5.69 Å². The highest BCUT2D eigenvalue weighted by Gasteiger charge is 2.20. The lowest BCUT2D eigenvalue weighted by Crippen LogP contribution is -2.37. The minimum Gasteiger partial charge on any atom is -0.492 e. The first kappa shape index (κ1) is 21.0. The van der Waals surface area contributed by atoms with E-state index >= 15 is 0 Å². The summed E-state index contributed by atoms with van der Waals surface area (Å²) in [4.78, 5) is 43.9. The lowest BCUT2D eigenvalue weighted by atomic mass is 9.97. The standard InChI is InChI=1S/C22H24N4O4S/c1-2-30-16-9-5-4-8-15(16)25-18(27)11-23-19(28)12-26-13-24-21-20(22(26)29)14-7-3-6-10-17(14)31-21/h4-5,8-9,13H,2-3,6-7,10-12H2,1H3,(H,23,28)(H,25,27). The second-order valence-corrected chi connectivity index (χ2v) is 8.41. The maximum Gasteiger partial charge on any atom is 0.262 e. The molecule has 2 heterocycles. The number of thiophene rings is 1. The normalized spacial score (nSPS) is 12.9. The molecule has 0 radical (unpaired) electrons. The zero-order valence-electron chi connectivity index (χ0n) is 17.3. The molecule has 0 saturated carbocycles. The molecule has 1 aliphatic carbocycles. The molecule has 4 rings (SSSR count). The van der Waals surface area contributed by atoms with Gasteiger partial charge in [0.1, 0.15) is 17.1 Å². The van der Waals surface area contributed by atoms with Crippen molar-refractivity contribution < 1.29 is 14.3 Å². The van der Waals surface area contributed by atoms with E-state index in [1.54, 1.807) is 29.5 Å². The highest BCUT2D eigenvalue weighted by Crippen LogP contribution is 2.33. The van der Waals surface area contributed by atoms with Crippen LogP contribution in [0.3, 0.4) is 0 Å². The number of hydrogen-bond acceptors (Lipinski definition) is 6. The van der Waals surface area contributed by atoms with E-state index in [0.29, 0.717) is 23.4 Å². The fourth-order valence-electron chi connectivity index (χ4n) is 3.73. The fraction of sp³-hybridized carbons (Fsp3) is 0.364. The minimum atomic E-state index is -0.430. The molecule has 0 bridgehead atoms. The van der Waals surface area contributed by atoms with Crippen molar-refractivity contribution in [2.75, 3.05) is 18.5 Å². The molecule has 162 valence electrons. The first-order valence-electron chi connectivity index (χ1n) is 10.3. The number of nitrogens with zero attached hydrogens (tertiary/aromatic N) is 2. The molecule has 0 fully saturated rings. The molecule has 2 amide bonds. The van der Waals surface area contributed by atoms with Gasteiger partial charge in [-0.05, 0) is 50.3 Å². The van der Waals surface area contributed by atoms with E-state index in [9.17, 15) is 14.4 Å². The molecule has 3 aromatic rings. The van der Waals surface area contributed by atoms with E-state index in [1.807, 2.05) is 13.0 Å². The van der Waals surface area contributed by atoms with Gasteiger partial charge in [-0.1, -0.05) is 12.1 Å². The number of rotatable bonds is 7. The van der Waals surface area contributed by atoms with E-state index in [1.165, 1.54) is 15.8 Å². The molecule has 0 saturated heterocycles. The van der Waals surface area contributed by atoms with Crippen LogP contribution in [0.1, 0.15) is 30.2 Å². The SMILES string of the molecule is CCOc1ccccc1NC(=O)CNC(=O)Cn1cnc2sc3c(c2c1=O)CCCC3. The largest absolute Gasteiger partial charge is 0.492 e. The number of ether oxygens (including phenoxy) is 1. The maximum atomic E-state index is 12.9. The quantitative estimate of drug-likeness (QED) is 0.588. The predicted molar refractivity (Wildman–Crippen MR) is 120 cm³/mol. The molecule has 1 aromatic carbocycles. The third kappa shape index (κ3) is 4.61.